The number of nitrogens with zero attached hydrogens (tertiary/aromatic N) is 4. The smallest absolute Gasteiger partial charge is 0.231 e. The Morgan fingerprint density at radius 2 is 1.96 bits per heavy atom. The molecule has 1 amide bonds. The van der Waals surface area contributed by atoms with Crippen molar-refractivity contribution in [2.45, 2.75) is 12.8 Å². The Morgan fingerprint density at radius 3 is 2.79 bits per heavy atom. The fourth-order valence-corrected chi connectivity index (χ4v) is 4.43. The summed E-state index contributed by atoms with van der Waals surface area (Å²) in [7, 11) is 0. The third-order valence-corrected chi connectivity index (χ3v) is 5.84. The molecule has 1 atom stereocenters. The summed E-state index contributed by atoms with van der Waals surface area (Å²) < 4.78 is 12.2. The number of rotatable bonds is 3. The Hall–Kier alpha value is -2.94. The number of ether oxygens (including phenoxy) is 2. The van der Waals surface area contributed by atoms with Crippen molar-refractivity contribution in [3.63, 3.8) is 0 Å². The van der Waals surface area contributed by atoms with Crippen LogP contribution in [0.2, 0.25) is 0 Å². The average molecular weight is 397 g/mol. The van der Waals surface area contributed by atoms with Crippen molar-refractivity contribution in [3.05, 3.63) is 30.6 Å². The normalized spacial score (nSPS) is 18.9. The Morgan fingerprint density at radius 1 is 1.18 bits per heavy atom. The molecular formula is C19H19N5O3S. The minimum Gasteiger partial charge on any atom is -0.486 e. The maximum atomic E-state index is 12.8. The standard InChI is InChI=1S/C19H19N5O3S/c25-17(12-3-1-6-24(11-12)18-20-4-2-5-21-18)23-19-22-13-9-14-15(10-16(13)28-19)27-8-7-26-14/h2,4-5,9-10,12H,1,3,6-8,11H2,(H,22,23,25)/t12-/m0/s1. The average Bonchev–Trinajstić information content (AvgIpc) is 3.13. The highest BCUT2D eigenvalue weighted by Crippen LogP contribution is 2.38. The lowest BCUT2D eigenvalue weighted by Gasteiger charge is -2.31. The van der Waals surface area contributed by atoms with Gasteiger partial charge in [0.1, 0.15) is 13.2 Å². The van der Waals surface area contributed by atoms with Gasteiger partial charge in [0, 0.05) is 37.6 Å². The summed E-state index contributed by atoms with van der Waals surface area (Å²) in [5.41, 5.74) is 0.799. The van der Waals surface area contributed by atoms with Crippen molar-refractivity contribution in [1.82, 2.24) is 15.0 Å². The molecule has 3 aromatic rings. The highest BCUT2D eigenvalue weighted by atomic mass is 32.1. The van der Waals surface area contributed by atoms with Crippen LogP contribution in [-0.4, -0.2) is 47.2 Å². The van der Waals surface area contributed by atoms with Gasteiger partial charge in [-0.05, 0) is 18.9 Å². The SMILES string of the molecule is O=C(Nc1nc2cc3c(cc2s1)OCCO3)[C@H]1CCCN(c2ncccn2)C1. The molecule has 28 heavy (non-hydrogen) atoms. The molecule has 1 fully saturated rings. The summed E-state index contributed by atoms with van der Waals surface area (Å²) in [5.74, 6) is 1.96. The van der Waals surface area contributed by atoms with Crippen LogP contribution in [0.15, 0.2) is 30.6 Å². The molecule has 0 unspecified atom stereocenters. The number of carbonyl (C=O) groups excluding carboxylic acids is 1. The van der Waals surface area contributed by atoms with Gasteiger partial charge in [-0.3, -0.25) is 4.79 Å². The van der Waals surface area contributed by atoms with E-state index in [1.807, 2.05) is 12.1 Å². The van der Waals surface area contributed by atoms with Gasteiger partial charge in [0.05, 0.1) is 16.1 Å². The number of nitrogens with one attached hydrogen (secondary N) is 1. The molecule has 2 aliphatic heterocycles. The first-order valence-electron chi connectivity index (χ1n) is 9.29. The molecule has 2 aliphatic rings. The van der Waals surface area contributed by atoms with Gasteiger partial charge in [-0.15, -0.1) is 0 Å². The predicted octanol–water partition coefficient (Wildman–Crippen LogP) is 2.71. The van der Waals surface area contributed by atoms with Gasteiger partial charge in [-0.25, -0.2) is 15.0 Å². The molecule has 1 aromatic carbocycles. The van der Waals surface area contributed by atoms with Crippen LogP contribution in [0.4, 0.5) is 11.1 Å². The van der Waals surface area contributed by atoms with E-state index in [-0.39, 0.29) is 11.8 Å². The zero-order valence-electron chi connectivity index (χ0n) is 15.1. The summed E-state index contributed by atoms with van der Waals surface area (Å²) in [6.45, 7) is 2.55. The first kappa shape index (κ1) is 17.2. The lowest BCUT2D eigenvalue weighted by Crippen LogP contribution is -2.41. The van der Waals surface area contributed by atoms with E-state index in [0.29, 0.717) is 36.6 Å². The zero-order valence-corrected chi connectivity index (χ0v) is 15.9. The second-order valence-electron chi connectivity index (χ2n) is 6.81. The molecule has 0 radical (unpaired) electrons. The molecule has 9 heteroatoms. The minimum absolute atomic E-state index is 0.0167. The van der Waals surface area contributed by atoms with Crippen molar-refractivity contribution < 1.29 is 14.3 Å². The number of aromatic nitrogens is 3. The number of benzene rings is 1. The number of thiazole rings is 1. The van der Waals surface area contributed by atoms with Crippen LogP contribution in [0.25, 0.3) is 10.2 Å². The Kier molecular flexibility index (Phi) is 4.44. The van der Waals surface area contributed by atoms with Gasteiger partial charge in [0.2, 0.25) is 11.9 Å². The summed E-state index contributed by atoms with van der Waals surface area (Å²) in [6.07, 6.45) is 5.22. The maximum Gasteiger partial charge on any atom is 0.231 e. The van der Waals surface area contributed by atoms with Crippen LogP contribution in [0.3, 0.4) is 0 Å². The van der Waals surface area contributed by atoms with Crippen molar-refractivity contribution in [3.8, 4) is 11.5 Å². The molecule has 0 saturated carbocycles. The van der Waals surface area contributed by atoms with Gasteiger partial charge in [0.25, 0.3) is 0 Å². The number of fused-ring (bicyclic) bond motifs is 2. The summed E-state index contributed by atoms with van der Waals surface area (Å²) in [4.78, 5) is 28.0. The van der Waals surface area contributed by atoms with Gasteiger partial charge < -0.3 is 19.7 Å². The molecule has 4 heterocycles. The van der Waals surface area contributed by atoms with Crippen molar-refractivity contribution in [2.75, 3.05) is 36.5 Å². The third-order valence-electron chi connectivity index (χ3n) is 4.91. The molecule has 1 saturated heterocycles. The topological polar surface area (TPSA) is 89.5 Å². The van der Waals surface area contributed by atoms with Gasteiger partial charge >= 0.3 is 0 Å². The van der Waals surface area contributed by atoms with E-state index in [4.69, 9.17) is 9.47 Å². The van der Waals surface area contributed by atoms with Crippen molar-refractivity contribution in [1.29, 1.82) is 0 Å². The van der Waals surface area contributed by atoms with Gasteiger partial charge in [-0.2, -0.15) is 0 Å². The number of hydrogen-bond donors (Lipinski definition) is 1. The molecule has 8 nitrogen and oxygen atoms in total. The van der Waals surface area contributed by atoms with E-state index >= 15 is 0 Å². The number of anilines is 2. The predicted molar refractivity (Wildman–Crippen MR) is 106 cm³/mol. The summed E-state index contributed by atoms with van der Waals surface area (Å²) >= 11 is 1.44. The molecule has 5 rings (SSSR count). The zero-order chi connectivity index (χ0) is 18.9. The number of amides is 1. The lowest BCUT2D eigenvalue weighted by molar-refractivity contribution is -0.120. The van der Waals surface area contributed by atoms with Crippen LogP contribution in [0, 0.1) is 5.92 Å². The lowest BCUT2D eigenvalue weighted by atomic mass is 9.97. The molecule has 0 spiro atoms. The van der Waals surface area contributed by atoms with Crippen LogP contribution in [0.5, 0.6) is 11.5 Å². The Bertz CT molecular complexity index is 966. The molecule has 0 aliphatic carbocycles. The fraction of sp³-hybridized carbons (Fsp3) is 0.368. The van der Waals surface area contributed by atoms with E-state index < -0.39 is 0 Å². The Balaban J connectivity index is 1.31. The largest absolute Gasteiger partial charge is 0.486 e. The number of carbonyl (C=O) groups is 1. The second-order valence-corrected chi connectivity index (χ2v) is 7.84. The molecule has 2 aromatic heterocycles. The first-order chi connectivity index (χ1) is 13.8. The van der Waals surface area contributed by atoms with Crippen molar-refractivity contribution >= 4 is 38.5 Å². The number of piperidine rings is 1. The fourth-order valence-electron chi connectivity index (χ4n) is 3.55. The van der Waals surface area contributed by atoms with Crippen LogP contribution >= 0.6 is 11.3 Å². The van der Waals surface area contributed by atoms with E-state index in [1.165, 1.54) is 11.3 Å². The number of hydrogen-bond acceptors (Lipinski definition) is 8. The van der Waals surface area contributed by atoms with Crippen LogP contribution < -0.4 is 19.7 Å². The van der Waals surface area contributed by atoms with Gasteiger partial charge in [0.15, 0.2) is 16.6 Å². The van der Waals surface area contributed by atoms with Crippen molar-refractivity contribution in [2.24, 2.45) is 5.92 Å². The van der Waals surface area contributed by atoms with Crippen LogP contribution in [-0.2, 0) is 4.79 Å². The minimum atomic E-state index is -0.121. The van der Waals surface area contributed by atoms with E-state index in [2.05, 4.69) is 25.2 Å². The first-order valence-corrected chi connectivity index (χ1v) is 10.1. The third kappa shape index (κ3) is 3.33. The maximum absolute atomic E-state index is 12.8. The van der Waals surface area contributed by atoms with Crippen LogP contribution in [0.1, 0.15) is 12.8 Å². The molecule has 144 valence electrons. The molecule has 0 bridgehead atoms. The van der Waals surface area contributed by atoms with E-state index in [1.54, 1.807) is 18.5 Å². The van der Waals surface area contributed by atoms with E-state index in [9.17, 15) is 4.79 Å². The quantitative estimate of drug-likeness (QED) is 0.727. The summed E-state index contributed by atoms with van der Waals surface area (Å²) in [5, 5.41) is 3.58. The Labute approximate surface area is 165 Å². The highest BCUT2D eigenvalue weighted by molar-refractivity contribution is 7.22. The summed E-state index contributed by atoms with van der Waals surface area (Å²) in [6, 6.07) is 5.58. The monoisotopic (exact) mass is 397 g/mol. The van der Waals surface area contributed by atoms with E-state index in [0.717, 1.165) is 35.4 Å². The van der Waals surface area contributed by atoms with Gasteiger partial charge in [-0.1, -0.05) is 11.3 Å². The second kappa shape index (κ2) is 7.23. The highest BCUT2D eigenvalue weighted by Gasteiger charge is 2.28. The molecule has 1 N–H and O–H groups in total. The molecular weight excluding hydrogens is 378 g/mol.